The van der Waals surface area contributed by atoms with E-state index in [4.69, 9.17) is 11.6 Å². The minimum Gasteiger partial charge on any atom is -0.309 e. The van der Waals surface area contributed by atoms with Gasteiger partial charge in [0.15, 0.2) is 11.0 Å². The SMILES string of the molecule is CCn1c(SCc2nc3ccc(Cl)cc3c(=O)[nH]2)nnc1-c1ccccc1. The van der Waals surface area contributed by atoms with Crippen molar-refractivity contribution in [3.8, 4) is 11.4 Å². The summed E-state index contributed by atoms with van der Waals surface area (Å²) >= 11 is 7.45. The molecule has 0 fully saturated rings. The van der Waals surface area contributed by atoms with E-state index in [2.05, 4.69) is 31.7 Å². The average molecular weight is 398 g/mol. The van der Waals surface area contributed by atoms with Gasteiger partial charge in [0.05, 0.1) is 16.7 Å². The van der Waals surface area contributed by atoms with Gasteiger partial charge in [0.2, 0.25) is 0 Å². The van der Waals surface area contributed by atoms with Gasteiger partial charge >= 0.3 is 0 Å². The molecule has 0 saturated carbocycles. The molecule has 0 unspecified atom stereocenters. The van der Waals surface area contributed by atoms with Crippen LogP contribution in [0.15, 0.2) is 58.5 Å². The maximum atomic E-state index is 12.3. The zero-order valence-electron chi connectivity index (χ0n) is 14.5. The lowest BCUT2D eigenvalue weighted by Gasteiger charge is -2.07. The summed E-state index contributed by atoms with van der Waals surface area (Å²) in [7, 11) is 0. The van der Waals surface area contributed by atoms with Gasteiger partial charge in [-0.05, 0) is 25.1 Å². The molecule has 4 aromatic rings. The zero-order chi connectivity index (χ0) is 18.8. The summed E-state index contributed by atoms with van der Waals surface area (Å²) in [6, 6.07) is 15.1. The van der Waals surface area contributed by atoms with E-state index < -0.39 is 0 Å². The van der Waals surface area contributed by atoms with Crippen LogP contribution in [0.5, 0.6) is 0 Å². The molecule has 2 heterocycles. The fourth-order valence-electron chi connectivity index (χ4n) is 2.84. The van der Waals surface area contributed by atoms with Crippen LogP contribution >= 0.6 is 23.4 Å². The number of aromatic nitrogens is 5. The molecule has 2 aromatic heterocycles. The third-order valence-corrected chi connectivity index (χ3v) is 5.33. The van der Waals surface area contributed by atoms with Gasteiger partial charge in [-0.2, -0.15) is 0 Å². The van der Waals surface area contributed by atoms with Crippen LogP contribution in [0.25, 0.3) is 22.3 Å². The second-order valence-corrected chi connectivity index (χ2v) is 7.26. The molecule has 0 aliphatic heterocycles. The average Bonchev–Trinajstić information content (AvgIpc) is 3.10. The maximum absolute atomic E-state index is 12.3. The monoisotopic (exact) mass is 397 g/mol. The Morgan fingerprint density at radius 3 is 2.74 bits per heavy atom. The summed E-state index contributed by atoms with van der Waals surface area (Å²) in [6.45, 7) is 2.81. The van der Waals surface area contributed by atoms with Gasteiger partial charge in [-0.25, -0.2) is 4.98 Å². The highest BCUT2D eigenvalue weighted by atomic mass is 35.5. The van der Waals surface area contributed by atoms with Gasteiger partial charge in [0, 0.05) is 17.1 Å². The van der Waals surface area contributed by atoms with Gasteiger partial charge in [0.25, 0.3) is 5.56 Å². The molecule has 0 aliphatic carbocycles. The molecule has 4 rings (SSSR count). The Bertz CT molecular complexity index is 1160. The summed E-state index contributed by atoms with van der Waals surface area (Å²) in [5.74, 6) is 1.91. The number of hydrogen-bond donors (Lipinski definition) is 1. The van der Waals surface area contributed by atoms with Gasteiger partial charge in [0.1, 0.15) is 5.82 Å². The smallest absolute Gasteiger partial charge is 0.258 e. The van der Waals surface area contributed by atoms with E-state index in [0.29, 0.717) is 27.5 Å². The van der Waals surface area contributed by atoms with Crippen LogP contribution in [0, 0.1) is 0 Å². The number of benzene rings is 2. The molecule has 0 radical (unpaired) electrons. The van der Waals surface area contributed by atoms with Crippen LogP contribution in [0.4, 0.5) is 0 Å². The second kappa shape index (κ2) is 7.54. The lowest BCUT2D eigenvalue weighted by atomic mass is 10.2. The van der Waals surface area contributed by atoms with Gasteiger partial charge in [-0.1, -0.05) is 53.7 Å². The number of thioether (sulfide) groups is 1. The number of nitrogens with zero attached hydrogens (tertiary/aromatic N) is 4. The van der Waals surface area contributed by atoms with E-state index in [1.54, 1.807) is 18.2 Å². The number of halogens is 1. The van der Waals surface area contributed by atoms with E-state index in [0.717, 1.165) is 23.1 Å². The number of aromatic amines is 1. The van der Waals surface area contributed by atoms with Crippen molar-refractivity contribution in [1.29, 1.82) is 0 Å². The molecule has 0 bridgehead atoms. The van der Waals surface area contributed by atoms with E-state index >= 15 is 0 Å². The van der Waals surface area contributed by atoms with Crippen molar-refractivity contribution < 1.29 is 0 Å². The Kier molecular flexibility index (Phi) is 4.96. The van der Waals surface area contributed by atoms with Gasteiger partial charge in [-0.3, -0.25) is 4.79 Å². The fourth-order valence-corrected chi connectivity index (χ4v) is 3.89. The highest BCUT2D eigenvalue weighted by Crippen LogP contribution is 2.25. The lowest BCUT2D eigenvalue weighted by Crippen LogP contribution is -2.11. The number of hydrogen-bond acceptors (Lipinski definition) is 5. The first-order chi connectivity index (χ1) is 13.2. The van der Waals surface area contributed by atoms with E-state index in [1.165, 1.54) is 11.8 Å². The first-order valence-electron chi connectivity index (χ1n) is 8.45. The normalized spacial score (nSPS) is 11.2. The molecule has 6 nitrogen and oxygen atoms in total. The third kappa shape index (κ3) is 3.61. The molecular formula is C19H16ClN5OS. The molecule has 0 atom stereocenters. The van der Waals surface area contributed by atoms with E-state index in [-0.39, 0.29) is 5.56 Å². The van der Waals surface area contributed by atoms with E-state index in [9.17, 15) is 4.79 Å². The lowest BCUT2D eigenvalue weighted by molar-refractivity contribution is 0.687. The quantitative estimate of drug-likeness (QED) is 0.512. The third-order valence-electron chi connectivity index (χ3n) is 4.12. The van der Waals surface area contributed by atoms with Crippen molar-refractivity contribution >= 4 is 34.3 Å². The highest BCUT2D eigenvalue weighted by Gasteiger charge is 2.14. The molecule has 136 valence electrons. The maximum Gasteiger partial charge on any atom is 0.258 e. The topological polar surface area (TPSA) is 76.5 Å². The second-order valence-electron chi connectivity index (χ2n) is 5.88. The van der Waals surface area contributed by atoms with Crippen molar-refractivity contribution in [3.63, 3.8) is 0 Å². The van der Waals surface area contributed by atoms with Crippen LogP contribution in [-0.2, 0) is 12.3 Å². The Morgan fingerprint density at radius 1 is 1.15 bits per heavy atom. The molecule has 0 aliphatic rings. The molecule has 2 aromatic carbocycles. The van der Waals surface area contributed by atoms with Crippen LogP contribution in [0.2, 0.25) is 5.02 Å². The van der Waals surface area contributed by atoms with Gasteiger partial charge in [-0.15, -0.1) is 10.2 Å². The molecule has 0 spiro atoms. The first kappa shape index (κ1) is 17.8. The molecule has 27 heavy (non-hydrogen) atoms. The summed E-state index contributed by atoms with van der Waals surface area (Å²) in [6.07, 6.45) is 0. The van der Waals surface area contributed by atoms with Crippen LogP contribution < -0.4 is 5.56 Å². The molecule has 1 N–H and O–H groups in total. The summed E-state index contributed by atoms with van der Waals surface area (Å²) in [5, 5.41) is 10.4. The van der Waals surface area contributed by atoms with Crippen molar-refractivity contribution in [1.82, 2.24) is 24.7 Å². The largest absolute Gasteiger partial charge is 0.309 e. The Labute approximate surface area is 164 Å². The predicted molar refractivity (Wildman–Crippen MR) is 108 cm³/mol. The summed E-state index contributed by atoms with van der Waals surface area (Å²) < 4.78 is 2.05. The minimum atomic E-state index is -0.194. The summed E-state index contributed by atoms with van der Waals surface area (Å²) in [4.78, 5) is 19.6. The Morgan fingerprint density at radius 2 is 1.96 bits per heavy atom. The van der Waals surface area contributed by atoms with Crippen LogP contribution in [-0.4, -0.2) is 24.7 Å². The number of H-pyrrole nitrogens is 1. The summed E-state index contributed by atoms with van der Waals surface area (Å²) in [5.41, 5.74) is 1.45. The zero-order valence-corrected chi connectivity index (χ0v) is 16.1. The van der Waals surface area contributed by atoms with E-state index in [1.807, 2.05) is 30.3 Å². The predicted octanol–water partition coefficient (Wildman–Crippen LogP) is 4.15. The minimum absolute atomic E-state index is 0.194. The van der Waals surface area contributed by atoms with Crippen molar-refractivity contribution in [3.05, 3.63) is 69.7 Å². The van der Waals surface area contributed by atoms with Crippen LogP contribution in [0.3, 0.4) is 0 Å². The Hall–Kier alpha value is -2.64. The number of nitrogens with one attached hydrogen (secondary N) is 1. The van der Waals surface area contributed by atoms with Crippen molar-refractivity contribution in [2.24, 2.45) is 0 Å². The number of rotatable bonds is 5. The highest BCUT2D eigenvalue weighted by molar-refractivity contribution is 7.98. The molecule has 0 saturated heterocycles. The molecular weight excluding hydrogens is 382 g/mol. The Balaban J connectivity index is 1.61. The fraction of sp³-hybridized carbons (Fsp3) is 0.158. The first-order valence-corrected chi connectivity index (χ1v) is 9.82. The van der Waals surface area contributed by atoms with Crippen molar-refractivity contribution in [2.45, 2.75) is 24.4 Å². The standard InChI is InChI=1S/C19H16ClN5OS/c1-2-25-17(12-6-4-3-5-7-12)23-24-19(25)27-11-16-21-15-9-8-13(20)10-14(15)18(26)22-16/h3-10H,2,11H2,1H3,(H,21,22,26). The van der Waals surface area contributed by atoms with Crippen molar-refractivity contribution in [2.75, 3.05) is 0 Å². The number of fused-ring (bicyclic) bond motifs is 1. The molecule has 8 heteroatoms. The molecule has 0 amide bonds. The van der Waals surface area contributed by atoms with Crippen LogP contribution in [0.1, 0.15) is 12.7 Å². The van der Waals surface area contributed by atoms with Gasteiger partial charge < -0.3 is 9.55 Å².